The summed E-state index contributed by atoms with van der Waals surface area (Å²) >= 11 is 1.41. The molecule has 0 saturated carbocycles. The molecule has 0 fully saturated rings. The van der Waals surface area contributed by atoms with Crippen LogP contribution in [-0.2, 0) is 6.42 Å². The Morgan fingerprint density at radius 3 is 2.64 bits per heavy atom. The fourth-order valence-electron chi connectivity index (χ4n) is 1.09. The van der Waals surface area contributed by atoms with E-state index in [0.29, 0.717) is 6.42 Å². The SMILES string of the molecule is CS/C(=C\[N+](=O)[O-])Cc1ccccc1. The second-order valence-electron chi connectivity index (χ2n) is 2.75. The molecule has 0 aliphatic rings. The summed E-state index contributed by atoms with van der Waals surface area (Å²) in [5.74, 6) is 0. The number of benzene rings is 1. The third-order valence-electron chi connectivity index (χ3n) is 1.73. The maximum atomic E-state index is 10.3. The summed E-state index contributed by atoms with van der Waals surface area (Å²) in [6.07, 6.45) is 3.54. The zero-order chi connectivity index (χ0) is 10.4. The minimum Gasteiger partial charge on any atom is -0.259 e. The van der Waals surface area contributed by atoms with Crippen LogP contribution in [0.4, 0.5) is 0 Å². The van der Waals surface area contributed by atoms with Gasteiger partial charge in [0.2, 0.25) is 6.20 Å². The average molecular weight is 209 g/mol. The second-order valence-corrected chi connectivity index (χ2v) is 3.68. The number of thioether (sulfide) groups is 1. The van der Waals surface area contributed by atoms with Crippen LogP contribution in [0.2, 0.25) is 0 Å². The monoisotopic (exact) mass is 209 g/mol. The molecule has 0 aliphatic carbocycles. The van der Waals surface area contributed by atoms with Gasteiger partial charge in [-0.2, -0.15) is 0 Å². The van der Waals surface area contributed by atoms with Crippen molar-refractivity contribution in [1.82, 2.24) is 0 Å². The second kappa shape index (κ2) is 5.44. The standard InChI is InChI=1S/C10H11NO2S/c1-14-10(8-11(12)13)7-9-5-3-2-4-6-9/h2-6,8H,7H2,1H3/b10-8-. The number of nitro groups is 1. The quantitative estimate of drug-likeness (QED) is 0.565. The van der Waals surface area contributed by atoms with E-state index in [2.05, 4.69) is 0 Å². The van der Waals surface area contributed by atoms with Crippen LogP contribution in [0.25, 0.3) is 0 Å². The van der Waals surface area contributed by atoms with Crippen LogP contribution >= 0.6 is 11.8 Å². The Morgan fingerprint density at radius 2 is 2.14 bits per heavy atom. The molecule has 1 aromatic carbocycles. The summed E-state index contributed by atoms with van der Waals surface area (Å²) in [5, 5.41) is 10.3. The van der Waals surface area contributed by atoms with Crippen molar-refractivity contribution in [3.8, 4) is 0 Å². The molecule has 0 unspecified atom stereocenters. The van der Waals surface area contributed by atoms with E-state index in [1.807, 2.05) is 36.6 Å². The molecule has 0 atom stereocenters. The highest BCUT2D eigenvalue weighted by atomic mass is 32.2. The molecular weight excluding hydrogens is 198 g/mol. The molecule has 0 spiro atoms. The lowest BCUT2D eigenvalue weighted by Crippen LogP contribution is -1.91. The first-order valence-electron chi connectivity index (χ1n) is 4.14. The summed E-state index contributed by atoms with van der Waals surface area (Å²) < 4.78 is 0. The lowest BCUT2D eigenvalue weighted by atomic mass is 10.1. The molecule has 1 rings (SSSR count). The Hall–Kier alpha value is -1.29. The minimum absolute atomic E-state index is 0.408. The van der Waals surface area contributed by atoms with Crippen molar-refractivity contribution in [1.29, 1.82) is 0 Å². The first-order valence-corrected chi connectivity index (χ1v) is 5.37. The molecule has 14 heavy (non-hydrogen) atoms. The molecule has 0 saturated heterocycles. The molecule has 74 valence electrons. The minimum atomic E-state index is -0.408. The van der Waals surface area contributed by atoms with Gasteiger partial charge >= 0.3 is 0 Å². The molecule has 0 bridgehead atoms. The summed E-state index contributed by atoms with van der Waals surface area (Å²) in [6, 6.07) is 9.71. The third kappa shape index (κ3) is 3.62. The first kappa shape index (κ1) is 10.8. The van der Waals surface area contributed by atoms with Gasteiger partial charge in [-0.05, 0) is 11.8 Å². The van der Waals surface area contributed by atoms with Crippen LogP contribution in [0.5, 0.6) is 0 Å². The Labute approximate surface area is 87.0 Å². The molecule has 1 aromatic rings. The van der Waals surface area contributed by atoms with Crippen molar-refractivity contribution in [3.05, 3.63) is 57.1 Å². The molecular formula is C10H11NO2S. The summed E-state index contributed by atoms with van der Waals surface area (Å²) in [5.41, 5.74) is 1.09. The Kier molecular flexibility index (Phi) is 4.19. The average Bonchev–Trinajstić information content (AvgIpc) is 2.17. The fourth-order valence-corrected chi connectivity index (χ4v) is 1.59. The number of nitrogens with zero attached hydrogens (tertiary/aromatic N) is 1. The number of hydrogen-bond acceptors (Lipinski definition) is 3. The Morgan fingerprint density at radius 1 is 1.50 bits per heavy atom. The van der Waals surface area contributed by atoms with Crippen LogP contribution in [0.3, 0.4) is 0 Å². The van der Waals surface area contributed by atoms with Crippen LogP contribution in [0.15, 0.2) is 41.4 Å². The van der Waals surface area contributed by atoms with E-state index < -0.39 is 4.92 Å². The van der Waals surface area contributed by atoms with E-state index in [4.69, 9.17) is 0 Å². The predicted molar refractivity (Wildman–Crippen MR) is 58.7 cm³/mol. The van der Waals surface area contributed by atoms with E-state index in [9.17, 15) is 10.1 Å². The van der Waals surface area contributed by atoms with Gasteiger partial charge in [0, 0.05) is 6.42 Å². The van der Waals surface area contributed by atoms with Crippen LogP contribution < -0.4 is 0 Å². The zero-order valence-corrected chi connectivity index (χ0v) is 8.66. The Bertz CT molecular complexity index is 335. The predicted octanol–water partition coefficient (Wildman–Crippen LogP) is 2.71. The molecule has 4 heteroatoms. The topological polar surface area (TPSA) is 43.1 Å². The molecule has 3 nitrogen and oxygen atoms in total. The molecule has 0 heterocycles. The van der Waals surface area contributed by atoms with Crippen molar-refractivity contribution in [2.45, 2.75) is 6.42 Å². The molecule has 0 aromatic heterocycles. The van der Waals surface area contributed by atoms with E-state index in [0.717, 1.165) is 16.7 Å². The molecule has 0 N–H and O–H groups in total. The van der Waals surface area contributed by atoms with Gasteiger partial charge in [-0.3, -0.25) is 10.1 Å². The number of allylic oxidation sites excluding steroid dienone is 1. The van der Waals surface area contributed by atoms with Crippen LogP contribution in [0.1, 0.15) is 5.56 Å². The number of rotatable bonds is 4. The van der Waals surface area contributed by atoms with E-state index in [1.165, 1.54) is 11.8 Å². The van der Waals surface area contributed by atoms with Gasteiger partial charge in [0.25, 0.3) is 0 Å². The van der Waals surface area contributed by atoms with Gasteiger partial charge in [0.1, 0.15) is 0 Å². The number of hydrogen-bond donors (Lipinski definition) is 0. The zero-order valence-electron chi connectivity index (χ0n) is 7.84. The van der Waals surface area contributed by atoms with Gasteiger partial charge < -0.3 is 0 Å². The van der Waals surface area contributed by atoms with Gasteiger partial charge in [0.15, 0.2) is 0 Å². The van der Waals surface area contributed by atoms with E-state index in [1.54, 1.807) is 0 Å². The maximum Gasteiger partial charge on any atom is 0.244 e. The lowest BCUT2D eigenvalue weighted by Gasteiger charge is -2.00. The third-order valence-corrected chi connectivity index (χ3v) is 2.51. The highest BCUT2D eigenvalue weighted by Gasteiger charge is 2.02. The summed E-state index contributed by atoms with van der Waals surface area (Å²) in [6.45, 7) is 0. The van der Waals surface area contributed by atoms with Crippen molar-refractivity contribution in [3.63, 3.8) is 0 Å². The van der Waals surface area contributed by atoms with Crippen molar-refractivity contribution < 1.29 is 4.92 Å². The van der Waals surface area contributed by atoms with E-state index in [-0.39, 0.29) is 0 Å². The normalized spacial score (nSPS) is 11.4. The van der Waals surface area contributed by atoms with Gasteiger partial charge in [-0.1, -0.05) is 30.3 Å². The molecule has 0 aliphatic heterocycles. The lowest BCUT2D eigenvalue weighted by molar-refractivity contribution is -0.402. The largest absolute Gasteiger partial charge is 0.259 e. The highest BCUT2D eigenvalue weighted by Crippen LogP contribution is 2.17. The van der Waals surface area contributed by atoms with Crippen molar-refractivity contribution >= 4 is 11.8 Å². The van der Waals surface area contributed by atoms with Gasteiger partial charge in [-0.15, -0.1) is 11.8 Å². The first-order chi connectivity index (χ1) is 6.72. The maximum absolute atomic E-state index is 10.3. The summed E-state index contributed by atoms with van der Waals surface area (Å²) in [7, 11) is 0. The highest BCUT2D eigenvalue weighted by molar-refractivity contribution is 8.02. The van der Waals surface area contributed by atoms with Crippen molar-refractivity contribution in [2.24, 2.45) is 0 Å². The van der Waals surface area contributed by atoms with Crippen LogP contribution in [-0.4, -0.2) is 11.2 Å². The molecule has 0 radical (unpaired) electrons. The smallest absolute Gasteiger partial charge is 0.244 e. The van der Waals surface area contributed by atoms with Gasteiger partial charge in [0.05, 0.1) is 9.83 Å². The van der Waals surface area contributed by atoms with Gasteiger partial charge in [-0.25, -0.2) is 0 Å². The summed E-state index contributed by atoms with van der Waals surface area (Å²) in [4.78, 5) is 10.6. The molecule has 0 amide bonds. The fraction of sp³-hybridized carbons (Fsp3) is 0.200. The van der Waals surface area contributed by atoms with Crippen molar-refractivity contribution in [2.75, 3.05) is 6.26 Å². The Balaban J connectivity index is 2.71. The van der Waals surface area contributed by atoms with E-state index >= 15 is 0 Å². The van der Waals surface area contributed by atoms with Crippen LogP contribution in [0, 0.1) is 10.1 Å².